The first-order chi connectivity index (χ1) is 12.3. The van der Waals surface area contributed by atoms with Crippen molar-refractivity contribution in [1.29, 1.82) is 0 Å². The summed E-state index contributed by atoms with van der Waals surface area (Å²) in [7, 11) is 3.08. The zero-order valence-corrected chi connectivity index (χ0v) is 16.1. The van der Waals surface area contributed by atoms with Crippen LogP contribution in [0.5, 0.6) is 0 Å². The molecule has 0 aliphatic carbocycles. The third-order valence-electron chi connectivity index (χ3n) is 4.19. The second-order valence-corrected chi connectivity index (χ2v) is 7.49. The molecule has 7 nitrogen and oxygen atoms in total. The molecule has 138 valence electrons. The Balaban J connectivity index is 2.24. The lowest BCUT2D eigenvalue weighted by molar-refractivity contribution is 0.220. The number of hydrogen-bond acceptors (Lipinski definition) is 5. The molecule has 1 atom stereocenters. The monoisotopic (exact) mass is 374 g/mol. The summed E-state index contributed by atoms with van der Waals surface area (Å²) in [5, 5.41) is 10.2. The van der Waals surface area contributed by atoms with Crippen LogP contribution in [0.15, 0.2) is 39.0 Å². The summed E-state index contributed by atoms with van der Waals surface area (Å²) in [5.41, 5.74) is 2.15. The maximum atomic E-state index is 12.8. The van der Waals surface area contributed by atoms with Gasteiger partial charge in [0.15, 0.2) is 16.3 Å². The van der Waals surface area contributed by atoms with Gasteiger partial charge in [-0.15, -0.1) is 0 Å². The maximum absolute atomic E-state index is 12.8. The van der Waals surface area contributed by atoms with Gasteiger partial charge in [-0.1, -0.05) is 41.6 Å². The molecule has 0 radical (unpaired) electrons. The molecular weight excluding hydrogens is 352 g/mol. The normalized spacial score (nSPS) is 12.7. The van der Waals surface area contributed by atoms with Crippen LogP contribution in [-0.4, -0.2) is 35.6 Å². The van der Waals surface area contributed by atoms with E-state index >= 15 is 0 Å². The fraction of sp³-hybridized carbons (Fsp3) is 0.389. The van der Waals surface area contributed by atoms with Crippen LogP contribution in [0.1, 0.15) is 18.1 Å². The number of aliphatic hydroxyl groups is 1. The van der Waals surface area contributed by atoms with E-state index < -0.39 is 11.8 Å². The topological polar surface area (TPSA) is 82.1 Å². The highest BCUT2D eigenvalue weighted by Gasteiger charge is 2.20. The predicted octanol–water partition coefficient (Wildman–Crippen LogP) is 1.26. The van der Waals surface area contributed by atoms with Gasteiger partial charge >= 0.3 is 5.69 Å². The third-order valence-corrected chi connectivity index (χ3v) is 5.41. The number of rotatable bonds is 5. The standard InChI is InChI=1S/C18H22N4O3S/c1-11-6-5-7-13(8-11)9-22-14-15(19-17(22)26-10-12(2)23)20(3)18(25)21(4)16(14)24/h5-8,12,23H,9-10H2,1-4H3. The molecule has 8 heteroatoms. The first kappa shape index (κ1) is 18.5. The van der Waals surface area contributed by atoms with Crippen LogP contribution in [0.4, 0.5) is 0 Å². The molecule has 0 spiro atoms. The Morgan fingerprint density at radius 2 is 1.96 bits per heavy atom. The van der Waals surface area contributed by atoms with Gasteiger partial charge in [0.1, 0.15) is 0 Å². The Kier molecular flexibility index (Phi) is 5.06. The Morgan fingerprint density at radius 1 is 1.23 bits per heavy atom. The van der Waals surface area contributed by atoms with Crippen molar-refractivity contribution in [2.45, 2.75) is 31.7 Å². The van der Waals surface area contributed by atoms with Gasteiger partial charge in [-0.2, -0.15) is 0 Å². The lowest BCUT2D eigenvalue weighted by Crippen LogP contribution is -2.37. The average Bonchev–Trinajstić information content (AvgIpc) is 2.95. The van der Waals surface area contributed by atoms with Gasteiger partial charge in [-0.25, -0.2) is 9.78 Å². The van der Waals surface area contributed by atoms with Crippen molar-refractivity contribution in [2.24, 2.45) is 14.1 Å². The first-order valence-corrected chi connectivity index (χ1v) is 9.30. The Morgan fingerprint density at radius 3 is 2.62 bits per heavy atom. The SMILES string of the molecule is Cc1cccc(Cn2c(SCC(C)O)nc3c2c(=O)n(C)c(=O)n3C)c1. The second kappa shape index (κ2) is 7.13. The zero-order valence-electron chi connectivity index (χ0n) is 15.3. The molecular formula is C18H22N4O3S. The molecule has 3 rings (SSSR count). The maximum Gasteiger partial charge on any atom is 0.332 e. The summed E-state index contributed by atoms with van der Waals surface area (Å²) >= 11 is 1.37. The molecule has 0 aliphatic heterocycles. The van der Waals surface area contributed by atoms with Gasteiger partial charge < -0.3 is 9.67 Å². The van der Waals surface area contributed by atoms with Gasteiger partial charge in [0, 0.05) is 19.8 Å². The van der Waals surface area contributed by atoms with Crippen molar-refractivity contribution in [1.82, 2.24) is 18.7 Å². The fourth-order valence-electron chi connectivity index (χ4n) is 2.87. The van der Waals surface area contributed by atoms with Gasteiger partial charge in [0.2, 0.25) is 0 Å². The molecule has 1 N–H and O–H groups in total. The van der Waals surface area contributed by atoms with E-state index in [4.69, 9.17) is 0 Å². The Bertz CT molecular complexity index is 1080. The number of hydrogen-bond donors (Lipinski definition) is 1. The van der Waals surface area contributed by atoms with Crippen molar-refractivity contribution in [2.75, 3.05) is 5.75 Å². The third kappa shape index (κ3) is 3.34. The molecule has 0 saturated carbocycles. The quantitative estimate of drug-likeness (QED) is 0.680. The number of fused-ring (bicyclic) bond motifs is 1. The highest BCUT2D eigenvalue weighted by atomic mass is 32.2. The summed E-state index contributed by atoms with van der Waals surface area (Å²) in [6.45, 7) is 4.18. The molecule has 1 unspecified atom stereocenters. The second-order valence-electron chi connectivity index (χ2n) is 6.51. The summed E-state index contributed by atoms with van der Waals surface area (Å²) in [6.07, 6.45) is -0.501. The smallest absolute Gasteiger partial charge is 0.332 e. The van der Waals surface area contributed by atoms with Gasteiger partial charge in [0.25, 0.3) is 5.56 Å². The van der Waals surface area contributed by atoms with Gasteiger partial charge in [-0.05, 0) is 19.4 Å². The predicted molar refractivity (Wildman–Crippen MR) is 103 cm³/mol. The first-order valence-electron chi connectivity index (χ1n) is 8.32. The summed E-state index contributed by atoms with van der Waals surface area (Å²) in [4.78, 5) is 29.5. The Labute approximate surface area is 154 Å². The summed E-state index contributed by atoms with van der Waals surface area (Å²) in [5.74, 6) is 0.450. The largest absolute Gasteiger partial charge is 0.393 e. The van der Waals surface area contributed by atoms with Crippen LogP contribution >= 0.6 is 11.8 Å². The van der Waals surface area contributed by atoms with E-state index in [-0.39, 0.29) is 5.56 Å². The van der Waals surface area contributed by atoms with Crippen LogP contribution in [0.25, 0.3) is 11.2 Å². The fourth-order valence-corrected chi connectivity index (χ4v) is 3.72. The highest BCUT2D eigenvalue weighted by Crippen LogP contribution is 2.23. The minimum Gasteiger partial charge on any atom is -0.393 e. The minimum atomic E-state index is -0.501. The van der Waals surface area contributed by atoms with Crippen molar-refractivity contribution in [3.8, 4) is 0 Å². The molecule has 3 aromatic rings. The van der Waals surface area contributed by atoms with E-state index in [1.807, 2.05) is 29.7 Å². The molecule has 1 aromatic carbocycles. The van der Waals surface area contributed by atoms with Crippen molar-refractivity contribution in [3.63, 3.8) is 0 Å². The summed E-state index contributed by atoms with van der Waals surface area (Å²) in [6, 6.07) is 8.04. The van der Waals surface area contributed by atoms with Crippen LogP contribution < -0.4 is 11.2 Å². The van der Waals surface area contributed by atoms with E-state index in [1.54, 1.807) is 14.0 Å². The van der Waals surface area contributed by atoms with Crippen molar-refractivity contribution in [3.05, 3.63) is 56.2 Å². The molecule has 0 saturated heterocycles. The van der Waals surface area contributed by atoms with Crippen LogP contribution in [-0.2, 0) is 20.6 Å². The van der Waals surface area contributed by atoms with Crippen LogP contribution in [0.3, 0.4) is 0 Å². The van der Waals surface area contributed by atoms with Gasteiger partial charge in [0.05, 0.1) is 12.6 Å². The Hall–Kier alpha value is -2.32. The number of aromatic nitrogens is 4. The molecule has 0 amide bonds. The summed E-state index contributed by atoms with van der Waals surface area (Å²) < 4.78 is 4.31. The molecule has 26 heavy (non-hydrogen) atoms. The van der Waals surface area contributed by atoms with Gasteiger partial charge in [-0.3, -0.25) is 13.9 Å². The molecule has 0 fully saturated rings. The molecule has 2 aromatic heterocycles. The lowest BCUT2D eigenvalue weighted by Gasteiger charge is -2.10. The molecule has 0 bridgehead atoms. The number of aliphatic hydroxyl groups excluding tert-OH is 1. The van der Waals surface area contributed by atoms with Crippen molar-refractivity contribution < 1.29 is 5.11 Å². The van der Waals surface area contributed by atoms with E-state index in [1.165, 1.54) is 23.4 Å². The molecule has 0 aliphatic rings. The number of benzene rings is 1. The zero-order chi connectivity index (χ0) is 19.0. The van der Waals surface area contributed by atoms with Crippen LogP contribution in [0.2, 0.25) is 0 Å². The van der Waals surface area contributed by atoms with E-state index in [2.05, 4.69) is 11.1 Å². The number of aryl methyl sites for hydroxylation is 2. The van der Waals surface area contributed by atoms with E-state index in [0.717, 1.165) is 15.7 Å². The number of imidazole rings is 1. The number of nitrogens with zero attached hydrogens (tertiary/aromatic N) is 4. The average molecular weight is 374 g/mol. The number of thioether (sulfide) groups is 1. The van der Waals surface area contributed by atoms with E-state index in [0.29, 0.717) is 28.6 Å². The molecule has 2 heterocycles. The lowest BCUT2D eigenvalue weighted by atomic mass is 10.1. The van der Waals surface area contributed by atoms with Crippen LogP contribution in [0, 0.1) is 6.92 Å². The minimum absolute atomic E-state index is 0.360. The highest BCUT2D eigenvalue weighted by molar-refractivity contribution is 7.99. The van der Waals surface area contributed by atoms with E-state index in [9.17, 15) is 14.7 Å². The van der Waals surface area contributed by atoms with Crippen molar-refractivity contribution >= 4 is 22.9 Å².